The van der Waals surface area contributed by atoms with Gasteiger partial charge in [0.05, 0.1) is 19.7 Å². The van der Waals surface area contributed by atoms with Gasteiger partial charge in [-0.25, -0.2) is 4.39 Å². The van der Waals surface area contributed by atoms with Crippen LogP contribution >= 0.6 is 11.3 Å². The van der Waals surface area contributed by atoms with Crippen LogP contribution in [-0.4, -0.2) is 48.4 Å². The van der Waals surface area contributed by atoms with Gasteiger partial charge in [0, 0.05) is 31.5 Å². The van der Waals surface area contributed by atoms with Gasteiger partial charge in [0.2, 0.25) is 11.8 Å². The van der Waals surface area contributed by atoms with Crippen molar-refractivity contribution in [3.05, 3.63) is 57.5 Å². The molecule has 5 nitrogen and oxygen atoms in total. The van der Waals surface area contributed by atoms with Crippen LogP contribution in [0.5, 0.6) is 0 Å². The van der Waals surface area contributed by atoms with Gasteiger partial charge >= 0.3 is 0 Å². The number of nitrogens with zero attached hydrogens (tertiary/aromatic N) is 2. The van der Waals surface area contributed by atoms with Gasteiger partial charge in [-0.15, -0.1) is 11.3 Å². The number of methoxy groups -OCH3 is 1. The molecule has 1 heterocycles. The largest absolute Gasteiger partial charge is 0.383 e. The monoisotopic (exact) mass is 490 g/mol. The predicted octanol–water partition coefficient (Wildman–Crippen LogP) is 5.66. The van der Waals surface area contributed by atoms with Crippen LogP contribution in [0.4, 0.5) is 4.39 Å². The number of hydrogen-bond acceptors (Lipinski definition) is 4. The van der Waals surface area contributed by atoms with Gasteiger partial charge < -0.3 is 14.5 Å². The summed E-state index contributed by atoms with van der Waals surface area (Å²) >= 11 is 1.61. The number of rotatable bonds is 12. The van der Waals surface area contributed by atoms with Crippen LogP contribution in [0.25, 0.3) is 0 Å². The molecular weight excluding hydrogens is 451 g/mol. The molecule has 0 fully saturated rings. The Balaban J connectivity index is 2.17. The minimum Gasteiger partial charge on any atom is -0.383 e. The summed E-state index contributed by atoms with van der Waals surface area (Å²) in [6, 6.07) is 8.22. The maximum absolute atomic E-state index is 13.5. The van der Waals surface area contributed by atoms with E-state index in [1.165, 1.54) is 12.1 Å². The summed E-state index contributed by atoms with van der Waals surface area (Å²) in [6.45, 7) is 12.1. The van der Waals surface area contributed by atoms with E-state index in [-0.39, 0.29) is 35.5 Å². The van der Waals surface area contributed by atoms with Crippen molar-refractivity contribution in [2.45, 2.75) is 60.5 Å². The van der Waals surface area contributed by atoms with Gasteiger partial charge in [-0.2, -0.15) is 0 Å². The number of benzene rings is 1. The number of carbonyl (C=O) groups is 2. The zero-order valence-corrected chi connectivity index (χ0v) is 22.2. The van der Waals surface area contributed by atoms with Crippen LogP contribution < -0.4 is 0 Å². The zero-order chi connectivity index (χ0) is 25.3. The smallest absolute Gasteiger partial charge is 0.242 e. The Kier molecular flexibility index (Phi) is 10.7. The SMILES string of the molecule is COCCN(CC(=O)N(Cc1ccc(F)cc1)Cc1sccc1C)C(=O)CC(C)CC(C)(C)C. The molecule has 2 amide bonds. The summed E-state index contributed by atoms with van der Waals surface area (Å²) in [6.07, 6.45) is 1.33. The number of ether oxygens (including phenoxy) is 1. The van der Waals surface area contributed by atoms with E-state index >= 15 is 0 Å². The minimum atomic E-state index is -0.309. The van der Waals surface area contributed by atoms with Crippen molar-refractivity contribution >= 4 is 23.2 Å². The first-order valence-electron chi connectivity index (χ1n) is 11.8. The molecule has 7 heteroatoms. The molecule has 188 valence electrons. The van der Waals surface area contributed by atoms with Gasteiger partial charge in [0.1, 0.15) is 5.82 Å². The van der Waals surface area contributed by atoms with Crippen molar-refractivity contribution in [2.24, 2.45) is 11.3 Å². The molecule has 0 bridgehead atoms. The second-order valence-electron chi connectivity index (χ2n) is 10.3. The Morgan fingerprint density at radius 1 is 1.06 bits per heavy atom. The van der Waals surface area contributed by atoms with Crippen LogP contribution in [-0.2, 0) is 27.4 Å². The van der Waals surface area contributed by atoms with E-state index in [1.807, 2.05) is 18.4 Å². The fourth-order valence-electron chi connectivity index (χ4n) is 4.08. The maximum Gasteiger partial charge on any atom is 0.242 e. The highest BCUT2D eigenvalue weighted by Gasteiger charge is 2.25. The van der Waals surface area contributed by atoms with E-state index in [0.29, 0.717) is 32.7 Å². The van der Waals surface area contributed by atoms with Crippen LogP contribution in [0.15, 0.2) is 35.7 Å². The second-order valence-corrected chi connectivity index (χ2v) is 11.3. The van der Waals surface area contributed by atoms with Gasteiger partial charge in [0.15, 0.2) is 0 Å². The minimum absolute atomic E-state index is 0.00392. The van der Waals surface area contributed by atoms with E-state index in [0.717, 1.165) is 22.4 Å². The summed E-state index contributed by atoms with van der Waals surface area (Å²) in [4.78, 5) is 31.1. The predicted molar refractivity (Wildman–Crippen MR) is 136 cm³/mol. The first-order valence-corrected chi connectivity index (χ1v) is 12.7. The van der Waals surface area contributed by atoms with Gasteiger partial charge in [0.25, 0.3) is 0 Å². The third-order valence-electron chi connectivity index (χ3n) is 5.67. The molecule has 0 aliphatic heterocycles. The third kappa shape index (κ3) is 9.55. The topological polar surface area (TPSA) is 49.9 Å². The highest BCUT2D eigenvalue weighted by molar-refractivity contribution is 7.10. The Labute approximate surface area is 207 Å². The van der Waals surface area contributed by atoms with Gasteiger partial charge in [-0.1, -0.05) is 39.8 Å². The molecule has 2 aromatic rings. The number of aryl methyl sites for hydroxylation is 1. The molecule has 1 aromatic heterocycles. The normalized spacial score (nSPS) is 12.4. The fourth-order valence-corrected chi connectivity index (χ4v) is 5.00. The Morgan fingerprint density at radius 3 is 2.29 bits per heavy atom. The van der Waals surface area contributed by atoms with E-state index in [2.05, 4.69) is 27.7 Å². The Bertz CT molecular complexity index is 921. The number of hydrogen-bond donors (Lipinski definition) is 0. The molecule has 0 N–H and O–H groups in total. The number of amides is 2. The molecule has 34 heavy (non-hydrogen) atoms. The molecule has 0 spiro atoms. The van der Waals surface area contributed by atoms with Crippen LogP contribution in [0.1, 0.15) is 56.5 Å². The molecule has 0 saturated heterocycles. The van der Waals surface area contributed by atoms with Crippen molar-refractivity contribution in [3.63, 3.8) is 0 Å². The van der Waals surface area contributed by atoms with E-state index in [9.17, 15) is 14.0 Å². The van der Waals surface area contributed by atoms with Crippen molar-refractivity contribution in [2.75, 3.05) is 26.8 Å². The summed E-state index contributed by atoms with van der Waals surface area (Å²) in [7, 11) is 1.59. The lowest BCUT2D eigenvalue weighted by atomic mass is 9.84. The van der Waals surface area contributed by atoms with Gasteiger partial charge in [-0.05, 0) is 59.4 Å². The molecule has 0 radical (unpaired) electrons. The first kappa shape index (κ1) is 28.0. The average molecular weight is 491 g/mol. The molecule has 1 unspecified atom stereocenters. The summed E-state index contributed by atoms with van der Waals surface area (Å²) in [5, 5.41) is 2.01. The highest BCUT2D eigenvalue weighted by atomic mass is 32.1. The Hall–Kier alpha value is -2.25. The second kappa shape index (κ2) is 13.0. The van der Waals surface area contributed by atoms with Crippen molar-refractivity contribution < 1.29 is 18.7 Å². The molecule has 0 aliphatic rings. The van der Waals surface area contributed by atoms with Crippen molar-refractivity contribution in [1.29, 1.82) is 0 Å². The van der Waals surface area contributed by atoms with Crippen LogP contribution in [0.2, 0.25) is 0 Å². The van der Waals surface area contributed by atoms with E-state index in [4.69, 9.17) is 4.74 Å². The van der Waals surface area contributed by atoms with E-state index < -0.39 is 0 Å². The van der Waals surface area contributed by atoms with Crippen LogP contribution in [0.3, 0.4) is 0 Å². The first-order chi connectivity index (χ1) is 16.0. The van der Waals surface area contributed by atoms with Crippen molar-refractivity contribution in [3.8, 4) is 0 Å². The lowest BCUT2D eigenvalue weighted by molar-refractivity contribution is -0.142. The summed E-state index contributed by atoms with van der Waals surface area (Å²) < 4.78 is 18.6. The molecular formula is C27H39FN2O3S. The quantitative estimate of drug-likeness (QED) is 0.386. The fraction of sp³-hybridized carbons (Fsp3) is 0.556. The lowest BCUT2D eigenvalue weighted by Gasteiger charge is -2.29. The highest BCUT2D eigenvalue weighted by Crippen LogP contribution is 2.26. The lowest BCUT2D eigenvalue weighted by Crippen LogP contribution is -2.44. The molecule has 1 aromatic carbocycles. The number of carbonyl (C=O) groups excluding carboxylic acids is 2. The maximum atomic E-state index is 13.5. The molecule has 0 saturated carbocycles. The molecule has 1 atom stereocenters. The third-order valence-corrected chi connectivity index (χ3v) is 6.68. The van der Waals surface area contributed by atoms with E-state index in [1.54, 1.807) is 40.4 Å². The average Bonchev–Trinajstić information content (AvgIpc) is 3.14. The zero-order valence-electron chi connectivity index (χ0n) is 21.4. The number of thiophene rings is 1. The molecule has 0 aliphatic carbocycles. The standard InChI is InChI=1S/C27H39FN2O3S/c1-20(16-27(3,4)5)15-25(31)29(12-13-33-6)19-26(32)30(18-24-21(2)11-14-34-24)17-22-7-9-23(28)10-8-22/h7-11,14,20H,12-13,15-19H2,1-6H3. The number of halogens is 1. The summed E-state index contributed by atoms with van der Waals surface area (Å²) in [5.41, 5.74) is 2.11. The Morgan fingerprint density at radius 2 is 1.74 bits per heavy atom. The molecule has 2 rings (SSSR count). The van der Waals surface area contributed by atoms with Crippen molar-refractivity contribution in [1.82, 2.24) is 9.80 Å². The summed E-state index contributed by atoms with van der Waals surface area (Å²) in [5.74, 6) is -0.255. The van der Waals surface area contributed by atoms with Gasteiger partial charge in [-0.3, -0.25) is 9.59 Å². The van der Waals surface area contributed by atoms with Crippen LogP contribution in [0, 0.1) is 24.1 Å².